The second-order valence-corrected chi connectivity index (χ2v) is 6.78. The second-order valence-electron chi connectivity index (χ2n) is 5.77. The van der Waals surface area contributed by atoms with Gasteiger partial charge in [-0.15, -0.1) is 6.42 Å². The fraction of sp³-hybridized carbons (Fsp3) is 0.143. The third-order valence-electron chi connectivity index (χ3n) is 4.02. The average molecular weight is 376 g/mol. The van der Waals surface area contributed by atoms with Gasteiger partial charge in [0.05, 0.1) is 22.2 Å². The van der Waals surface area contributed by atoms with Gasteiger partial charge in [0.15, 0.2) is 16.5 Å². The first-order valence-corrected chi connectivity index (χ1v) is 9.27. The number of para-hydroxylation sites is 2. The molecule has 0 unspecified atom stereocenters. The summed E-state index contributed by atoms with van der Waals surface area (Å²) in [5.41, 5.74) is 2.41. The van der Waals surface area contributed by atoms with Crippen LogP contribution in [0.3, 0.4) is 0 Å². The molecule has 0 bridgehead atoms. The van der Waals surface area contributed by atoms with Gasteiger partial charge in [0.25, 0.3) is 5.56 Å². The number of hydrogen-bond donors (Lipinski definition) is 0. The van der Waals surface area contributed by atoms with Crippen LogP contribution in [-0.4, -0.2) is 22.6 Å². The molecular formula is C21H16N2O3S. The van der Waals surface area contributed by atoms with Crippen LogP contribution in [0.5, 0.6) is 11.5 Å². The molecule has 0 aliphatic heterocycles. The van der Waals surface area contributed by atoms with Gasteiger partial charge >= 0.3 is 0 Å². The third kappa shape index (κ3) is 3.14. The van der Waals surface area contributed by atoms with Crippen molar-refractivity contribution in [3.63, 3.8) is 0 Å². The van der Waals surface area contributed by atoms with E-state index >= 15 is 0 Å². The number of hydrogen-bond acceptors (Lipinski definition) is 5. The molecule has 0 atom stereocenters. The summed E-state index contributed by atoms with van der Waals surface area (Å²) in [4.78, 5) is 18.1. The topological polar surface area (TPSA) is 52.8 Å². The summed E-state index contributed by atoms with van der Waals surface area (Å²) >= 11 is 1.37. The van der Waals surface area contributed by atoms with E-state index in [1.165, 1.54) is 11.3 Å². The van der Waals surface area contributed by atoms with Gasteiger partial charge in [0.2, 0.25) is 0 Å². The highest BCUT2D eigenvalue weighted by Crippen LogP contribution is 2.28. The largest absolute Gasteiger partial charge is 0.490 e. The first kappa shape index (κ1) is 17.1. The Balaban J connectivity index is 1.81. The van der Waals surface area contributed by atoms with Gasteiger partial charge in [0.1, 0.15) is 6.61 Å². The van der Waals surface area contributed by atoms with E-state index in [1.807, 2.05) is 49.4 Å². The van der Waals surface area contributed by atoms with Crippen molar-refractivity contribution in [3.8, 4) is 23.8 Å². The van der Waals surface area contributed by atoms with Crippen molar-refractivity contribution in [3.05, 3.63) is 62.9 Å². The van der Waals surface area contributed by atoms with E-state index in [9.17, 15) is 4.79 Å². The highest BCUT2D eigenvalue weighted by molar-refractivity contribution is 7.15. The standard InChI is InChI=1S/C21H16N2O3S/c1-3-11-26-17-10-9-14(12-18(17)25-4-2)13-19-20(24)23-16-8-6-5-7-15(16)22-21(23)27-19/h1,5-10,12-13H,4,11H2,2H3/b19-13-. The SMILES string of the molecule is C#CCOc1ccc(/C=c2\sc3nc4ccccc4n3c2=O)cc1OCC. The Bertz CT molecular complexity index is 1280. The molecule has 0 spiro atoms. The summed E-state index contributed by atoms with van der Waals surface area (Å²) in [6, 6.07) is 13.1. The first-order chi connectivity index (χ1) is 13.2. The van der Waals surface area contributed by atoms with Gasteiger partial charge in [0, 0.05) is 0 Å². The maximum Gasteiger partial charge on any atom is 0.274 e. The van der Waals surface area contributed by atoms with Crippen molar-refractivity contribution in [2.24, 2.45) is 0 Å². The van der Waals surface area contributed by atoms with Crippen molar-refractivity contribution in [2.45, 2.75) is 6.92 Å². The lowest BCUT2D eigenvalue weighted by molar-refractivity contribution is 0.299. The second kappa shape index (κ2) is 7.14. The minimum atomic E-state index is -0.0747. The molecular weight excluding hydrogens is 360 g/mol. The summed E-state index contributed by atoms with van der Waals surface area (Å²) in [6.45, 7) is 2.57. The summed E-state index contributed by atoms with van der Waals surface area (Å²) in [5.74, 6) is 3.62. The Morgan fingerprint density at radius 1 is 1.22 bits per heavy atom. The molecule has 0 fully saturated rings. The van der Waals surface area contributed by atoms with Crippen molar-refractivity contribution < 1.29 is 9.47 Å². The highest BCUT2D eigenvalue weighted by atomic mass is 32.1. The molecule has 4 aromatic rings. The van der Waals surface area contributed by atoms with E-state index in [4.69, 9.17) is 15.9 Å². The summed E-state index contributed by atoms with van der Waals surface area (Å²) in [6.07, 6.45) is 7.09. The molecule has 0 N–H and O–H groups in total. The quantitative estimate of drug-likeness (QED) is 0.503. The Morgan fingerprint density at radius 2 is 2.07 bits per heavy atom. The normalized spacial score (nSPS) is 11.8. The van der Waals surface area contributed by atoms with Crippen LogP contribution in [0.25, 0.3) is 22.1 Å². The van der Waals surface area contributed by atoms with E-state index in [2.05, 4.69) is 10.9 Å². The van der Waals surface area contributed by atoms with Gasteiger partial charge < -0.3 is 9.47 Å². The molecule has 2 heterocycles. The molecule has 0 radical (unpaired) electrons. The molecule has 5 nitrogen and oxygen atoms in total. The van der Waals surface area contributed by atoms with Crippen LogP contribution >= 0.6 is 11.3 Å². The van der Waals surface area contributed by atoms with Crippen LogP contribution in [0.4, 0.5) is 0 Å². The summed E-state index contributed by atoms with van der Waals surface area (Å²) in [5, 5.41) is 0. The van der Waals surface area contributed by atoms with E-state index in [1.54, 1.807) is 10.5 Å². The van der Waals surface area contributed by atoms with Crippen LogP contribution in [0.15, 0.2) is 47.3 Å². The molecule has 4 rings (SSSR count). The zero-order chi connectivity index (χ0) is 18.8. The molecule has 2 aromatic heterocycles. The van der Waals surface area contributed by atoms with Crippen molar-refractivity contribution in [2.75, 3.05) is 13.2 Å². The third-order valence-corrected chi connectivity index (χ3v) is 4.99. The minimum absolute atomic E-state index is 0.0747. The minimum Gasteiger partial charge on any atom is -0.490 e. The van der Waals surface area contributed by atoms with Crippen molar-refractivity contribution in [1.29, 1.82) is 0 Å². The average Bonchev–Trinajstić information content (AvgIpc) is 3.18. The van der Waals surface area contributed by atoms with Gasteiger partial charge in [-0.2, -0.15) is 0 Å². The fourth-order valence-electron chi connectivity index (χ4n) is 2.88. The number of rotatable bonds is 5. The zero-order valence-electron chi connectivity index (χ0n) is 14.6. The zero-order valence-corrected chi connectivity index (χ0v) is 15.5. The smallest absolute Gasteiger partial charge is 0.274 e. The Morgan fingerprint density at radius 3 is 2.89 bits per heavy atom. The molecule has 0 aliphatic carbocycles. The Labute approximate surface area is 159 Å². The lowest BCUT2D eigenvalue weighted by Crippen LogP contribution is -2.22. The molecule has 0 aliphatic rings. The van der Waals surface area contributed by atoms with Crippen LogP contribution in [0.1, 0.15) is 12.5 Å². The first-order valence-electron chi connectivity index (χ1n) is 8.46. The predicted octanol–water partition coefficient (Wildman–Crippen LogP) is 2.87. The number of ether oxygens (including phenoxy) is 2. The Hall–Kier alpha value is -3.30. The number of thiazole rings is 1. The van der Waals surface area contributed by atoms with E-state index in [0.717, 1.165) is 16.6 Å². The molecule has 6 heteroatoms. The van der Waals surface area contributed by atoms with Crippen molar-refractivity contribution in [1.82, 2.24) is 9.38 Å². The lowest BCUT2D eigenvalue weighted by Gasteiger charge is -2.10. The number of fused-ring (bicyclic) bond motifs is 3. The molecule has 0 amide bonds. The van der Waals surface area contributed by atoms with Gasteiger partial charge in [-0.25, -0.2) is 9.38 Å². The molecule has 2 aromatic carbocycles. The van der Waals surface area contributed by atoms with Gasteiger partial charge in [-0.05, 0) is 42.8 Å². The number of nitrogens with zero attached hydrogens (tertiary/aromatic N) is 2. The fourth-order valence-corrected chi connectivity index (χ4v) is 3.87. The monoisotopic (exact) mass is 376 g/mol. The van der Waals surface area contributed by atoms with E-state index < -0.39 is 0 Å². The molecule has 27 heavy (non-hydrogen) atoms. The van der Waals surface area contributed by atoms with Crippen LogP contribution in [0.2, 0.25) is 0 Å². The maximum atomic E-state index is 12.9. The lowest BCUT2D eigenvalue weighted by atomic mass is 10.2. The maximum absolute atomic E-state index is 12.9. The number of benzene rings is 2. The number of imidazole rings is 1. The number of aromatic nitrogens is 2. The number of terminal acetylenes is 1. The van der Waals surface area contributed by atoms with Crippen LogP contribution < -0.4 is 19.6 Å². The Kier molecular flexibility index (Phi) is 4.53. The molecule has 0 saturated carbocycles. The molecule has 134 valence electrons. The van der Waals surface area contributed by atoms with Gasteiger partial charge in [-0.1, -0.05) is 35.5 Å². The van der Waals surface area contributed by atoms with E-state index in [0.29, 0.717) is 27.6 Å². The van der Waals surface area contributed by atoms with E-state index in [-0.39, 0.29) is 12.2 Å². The highest BCUT2D eigenvalue weighted by Gasteiger charge is 2.11. The summed E-state index contributed by atoms with van der Waals surface area (Å²) in [7, 11) is 0. The van der Waals surface area contributed by atoms with Crippen LogP contribution in [0, 0.1) is 12.3 Å². The van der Waals surface area contributed by atoms with Gasteiger partial charge in [-0.3, -0.25) is 4.79 Å². The van der Waals surface area contributed by atoms with Crippen molar-refractivity contribution >= 4 is 33.4 Å². The molecule has 0 saturated heterocycles. The van der Waals surface area contributed by atoms with Crippen LogP contribution in [-0.2, 0) is 0 Å². The predicted molar refractivity (Wildman–Crippen MR) is 108 cm³/mol. The summed E-state index contributed by atoms with van der Waals surface area (Å²) < 4.78 is 13.4.